The average Bonchev–Trinajstić information content (AvgIpc) is 3.56. The number of guanidine groups is 1. The first-order valence-electron chi connectivity index (χ1n) is 10.1. The molecule has 2 N–H and O–H groups in total. The number of hydrogen-bond donors (Lipinski definition) is 2. The van der Waals surface area contributed by atoms with E-state index in [-0.39, 0.29) is 5.91 Å². The van der Waals surface area contributed by atoms with Gasteiger partial charge >= 0.3 is 0 Å². The van der Waals surface area contributed by atoms with Crippen LogP contribution in [0.25, 0.3) is 0 Å². The second kappa shape index (κ2) is 9.66. The van der Waals surface area contributed by atoms with Crippen molar-refractivity contribution >= 4 is 11.9 Å². The smallest absolute Gasteiger partial charge is 0.222 e. The number of aliphatic imine (C=N–C) groups is 1. The molecular formula is C21H32N4O3. The lowest BCUT2D eigenvalue weighted by Crippen LogP contribution is -2.39. The number of hydrogen-bond acceptors (Lipinski definition) is 4. The summed E-state index contributed by atoms with van der Waals surface area (Å²) in [5.74, 6) is 3.29. The number of benzene rings is 1. The number of nitrogens with zero attached hydrogens (tertiary/aromatic N) is 2. The lowest BCUT2D eigenvalue weighted by atomic mass is 9.98. The molecular weight excluding hydrogens is 356 g/mol. The molecule has 0 spiro atoms. The van der Waals surface area contributed by atoms with Gasteiger partial charge in [-0.15, -0.1) is 0 Å². The Balaban J connectivity index is 1.44. The van der Waals surface area contributed by atoms with Gasteiger partial charge in [0.1, 0.15) is 0 Å². The lowest BCUT2D eigenvalue weighted by molar-refractivity contribution is -0.132. The van der Waals surface area contributed by atoms with Gasteiger partial charge in [-0.05, 0) is 54.9 Å². The summed E-state index contributed by atoms with van der Waals surface area (Å²) in [5, 5.41) is 6.63. The summed E-state index contributed by atoms with van der Waals surface area (Å²) >= 11 is 0. The molecule has 0 bridgehead atoms. The van der Waals surface area contributed by atoms with Crippen molar-refractivity contribution < 1.29 is 14.3 Å². The Morgan fingerprint density at radius 3 is 2.54 bits per heavy atom. The summed E-state index contributed by atoms with van der Waals surface area (Å²) in [6.45, 7) is 3.11. The number of rotatable bonds is 8. The summed E-state index contributed by atoms with van der Waals surface area (Å²) < 4.78 is 10.8. The van der Waals surface area contributed by atoms with Gasteiger partial charge in [-0.1, -0.05) is 0 Å². The molecule has 7 nitrogen and oxygen atoms in total. The number of carbonyl (C=O) groups is 1. The highest BCUT2D eigenvalue weighted by molar-refractivity contribution is 5.80. The monoisotopic (exact) mass is 388 g/mol. The van der Waals surface area contributed by atoms with E-state index in [0.717, 1.165) is 55.7 Å². The molecule has 1 aliphatic heterocycles. The lowest BCUT2D eigenvalue weighted by Gasteiger charge is -2.29. The minimum Gasteiger partial charge on any atom is -0.493 e. The van der Waals surface area contributed by atoms with Crippen molar-refractivity contribution in [1.29, 1.82) is 0 Å². The van der Waals surface area contributed by atoms with E-state index < -0.39 is 0 Å². The standard InChI is InChI=1S/C21H32N4O3/c1-22-21(24-13-15-6-7-15)23-9-4-5-20(26)25-10-8-16-11-18(27-2)19(28-3)12-17(16)14-25/h11-12,15H,4-10,13-14H2,1-3H3,(H2,22,23,24). The van der Waals surface area contributed by atoms with Gasteiger partial charge in [0.15, 0.2) is 17.5 Å². The first-order chi connectivity index (χ1) is 13.6. The molecule has 7 heteroatoms. The third-order valence-corrected chi connectivity index (χ3v) is 5.41. The maximum atomic E-state index is 12.6. The molecule has 1 aromatic rings. The summed E-state index contributed by atoms with van der Waals surface area (Å²) in [7, 11) is 5.06. The molecule has 28 heavy (non-hydrogen) atoms. The number of amides is 1. The fraction of sp³-hybridized carbons (Fsp3) is 0.619. The van der Waals surface area contributed by atoms with E-state index in [1.54, 1.807) is 21.3 Å². The largest absolute Gasteiger partial charge is 0.493 e. The molecule has 0 atom stereocenters. The summed E-state index contributed by atoms with van der Waals surface area (Å²) in [4.78, 5) is 18.8. The highest BCUT2D eigenvalue weighted by atomic mass is 16.5. The number of nitrogens with one attached hydrogen (secondary N) is 2. The molecule has 1 heterocycles. The highest BCUT2D eigenvalue weighted by Gasteiger charge is 2.23. The highest BCUT2D eigenvalue weighted by Crippen LogP contribution is 2.33. The third-order valence-electron chi connectivity index (χ3n) is 5.41. The van der Waals surface area contributed by atoms with E-state index in [1.165, 1.54) is 18.4 Å². The Morgan fingerprint density at radius 2 is 1.89 bits per heavy atom. The van der Waals surface area contributed by atoms with Crippen LogP contribution < -0.4 is 20.1 Å². The molecule has 1 fully saturated rings. The van der Waals surface area contributed by atoms with Crippen LogP contribution in [0.1, 0.15) is 36.8 Å². The van der Waals surface area contributed by atoms with Crippen LogP contribution in [0.3, 0.4) is 0 Å². The zero-order valence-corrected chi connectivity index (χ0v) is 17.2. The Kier molecular flexibility index (Phi) is 7.01. The van der Waals surface area contributed by atoms with Gasteiger partial charge in [0.2, 0.25) is 5.91 Å². The Hall–Kier alpha value is -2.44. The van der Waals surface area contributed by atoms with Crippen LogP contribution in [0.5, 0.6) is 11.5 Å². The van der Waals surface area contributed by atoms with Crippen LogP contribution in [-0.2, 0) is 17.8 Å². The molecule has 154 valence electrons. The molecule has 0 radical (unpaired) electrons. The van der Waals surface area contributed by atoms with E-state index >= 15 is 0 Å². The zero-order chi connectivity index (χ0) is 19.9. The Bertz CT molecular complexity index is 716. The number of methoxy groups -OCH3 is 2. The number of carbonyl (C=O) groups excluding carboxylic acids is 1. The van der Waals surface area contributed by atoms with E-state index in [2.05, 4.69) is 15.6 Å². The van der Waals surface area contributed by atoms with Gasteiger partial charge in [-0.3, -0.25) is 9.79 Å². The average molecular weight is 389 g/mol. The normalized spacial score (nSPS) is 16.4. The van der Waals surface area contributed by atoms with Crippen molar-refractivity contribution in [2.45, 2.75) is 38.6 Å². The summed E-state index contributed by atoms with van der Waals surface area (Å²) in [6, 6.07) is 4.02. The predicted molar refractivity (Wildman–Crippen MR) is 110 cm³/mol. The van der Waals surface area contributed by atoms with Gasteiger partial charge in [-0.25, -0.2) is 0 Å². The molecule has 0 saturated heterocycles. The van der Waals surface area contributed by atoms with E-state index in [1.807, 2.05) is 17.0 Å². The minimum absolute atomic E-state index is 0.197. The SMILES string of the molecule is CN=C(NCCCC(=O)N1CCc2cc(OC)c(OC)cc2C1)NCC1CC1. The molecule has 1 amide bonds. The van der Waals surface area contributed by atoms with Crippen molar-refractivity contribution in [3.63, 3.8) is 0 Å². The van der Waals surface area contributed by atoms with Crippen LogP contribution in [0.4, 0.5) is 0 Å². The number of ether oxygens (including phenoxy) is 2. The van der Waals surface area contributed by atoms with Crippen molar-refractivity contribution in [1.82, 2.24) is 15.5 Å². The van der Waals surface area contributed by atoms with Crippen molar-refractivity contribution in [3.05, 3.63) is 23.3 Å². The zero-order valence-electron chi connectivity index (χ0n) is 17.2. The van der Waals surface area contributed by atoms with E-state index in [9.17, 15) is 4.79 Å². The minimum atomic E-state index is 0.197. The van der Waals surface area contributed by atoms with Gasteiger partial charge < -0.3 is 25.0 Å². The fourth-order valence-corrected chi connectivity index (χ4v) is 3.48. The molecule has 1 aromatic carbocycles. The second-order valence-corrected chi connectivity index (χ2v) is 7.47. The molecule has 1 aliphatic carbocycles. The van der Waals surface area contributed by atoms with Crippen LogP contribution in [0.15, 0.2) is 17.1 Å². The quantitative estimate of drug-likeness (QED) is 0.404. The topological polar surface area (TPSA) is 75.2 Å². The maximum Gasteiger partial charge on any atom is 0.222 e. The molecule has 0 aromatic heterocycles. The van der Waals surface area contributed by atoms with Crippen molar-refractivity contribution in [2.24, 2.45) is 10.9 Å². The number of fused-ring (bicyclic) bond motifs is 1. The van der Waals surface area contributed by atoms with E-state index in [0.29, 0.717) is 18.7 Å². The van der Waals surface area contributed by atoms with Crippen LogP contribution in [-0.4, -0.2) is 57.7 Å². The van der Waals surface area contributed by atoms with Gasteiger partial charge in [0.05, 0.1) is 14.2 Å². The predicted octanol–water partition coefficient (Wildman–Crippen LogP) is 1.94. The second-order valence-electron chi connectivity index (χ2n) is 7.47. The van der Waals surface area contributed by atoms with Crippen LogP contribution in [0, 0.1) is 5.92 Å². The first kappa shape index (κ1) is 20.3. The molecule has 0 unspecified atom stereocenters. The van der Waals surface area contributed by atoms with Gasteiger partial charge in [0, 0.05) is 39.6 Å². The van der Waals surface area contributed by atoms with Gasteiger partial charge in [0.25, 0.3) is 0 Å². The van der Waals surface area contributed by atoms with E-state index in [4.69, 9.17) is 9.47 Å². The molecule has 2 aliphatic rings. The Morgan fingerprint density at radius 1 is 1.18 bits per heavy atom. The fourth-order valence-electron chi connectivity index (χ4n) is 3.48. The molecule has 1 saturated carbocycles. The summed E-state index contributed by atoms with van der Waals surface area (Å²) in [6.07, 6.45) is 4.80. The van der Waals surface area contributed by atoms with Crippen LogP contribution >= 0.6 is 0 Å². The van der Waals surface area contributed by atoms with Crippen LogP contribution in [0.2, 0.25) is 0 Å². The van der Waals surface area contributed by atoms with Gasteiger partial charge in [-0.2, -0.15) is 0 Å². The Labute approximate surface area is 167 Å². The van der Waals surface area contributed by atoms with Crippen molar-refractivity contribution in [3.8, 4) is 11.5 Å². The molecule has 3 rings (SSSR count). The first-order valence-corrected chi connectivity index (χ1v) is 10.1. The third kappa shape index (κ3) is 5.30. The summed E-state index contributed by atoms with van der Waals surface area (Å²) in [5.41, 5.74) is 2.37. The maximum absolute atomic E-state index is 12.6. The van der Waals surface area contributed by atoms with Crippen molar-refractivity contribution in [2.75, 3.05) is 40.9 Å².